The van der Waals surface area contributed by atoms with Crippen molar-refractivity contribution in [3.8, 4) is 11.6 Å². The Bertz CT molecular complexity index is 724. The lowest BCUT2D eigenvalue weighted by molar-refractivity contribution is 0.459. The third-order valence-corrected chi connectivity index (χ3v) is 3.95. The van der Waals surface area contributed by atoms with Gasteiger partial charge in [0.15, 0.2) is 0 Å². The van der Waals surface area contributed by atoms with E-state index in [1.165, 1.54) is 0 Å². The fourth-order valence-electron chi connectivity index (χ4n) is 1.86. The second-order valence-electron chi connectivity index (χ2n) is 3.96. The van der Waals surface area contributed by atoms with Crippen molar-refractivity contribution in [3.63, 3.8) is 0 Å². The molecule has 5 heteroatoms. The Hall–Kier alpha value is -1.33. The second-order valence-corrected chi connectivity index (χ2v) is 5.37. The maximum atomic E-state index is 5.91. The average Bonchev–Trinajstić information content (AvgIpc) is 2.78. The van der Waals surface area contributed by atoms with Crippen LogP contribution in [0.1, 0.15) is 5.69 Å². The van der Waals surface area contributed by atoms with Crippen molar-refractivity contribution in [2.24, 2.45) is 0 Å². The first kappa shape index (κ1) is 12.7. The van der Waals surface area contributed by atoms with E-state index in [4.69, 9.17) is 4.74 Å². The molecule has 0 saturated heterocycles. The lowest BCUT2D eigenvalue weighted by atomic mass is 10.3. The van der Waals surface area contributed by atoms with Crippen molar-refractivity contribution in [2.45, 2.75) is 5.33 Å². The van der Waals surface area contributed by atoms with Gasteiger partial charge in [-0.2, -0.15) is 4.98 Å². The molecular weight excluding hydrogens is 372 g/mol. The topological polar surface area (TPSA) is 26.5 Å². The molecule has 1 aromatic carbocycles. The molecule has 0 saturated carbocycles. The number of aromatic nitrogens is 2. The lowest BCUT2D eigenvalue weighted by Gasteiger charge is -2.06. The Balaban J connectivity index is 2.08. The van der Waals surface area contributed by atoms with Crippen LogP contribution in [-0.4, -0.2) is 9.38 Å². The third kappa shape index (κ3) is 2.40. The van der Waals surface area contributed by atoms with Crippen molar-refractivity contribution in [1.82, 2.24) is 9.38 Å². The first-order chi connectivity index (χ1) is 9.29. The molecule has 3 nitrogen and oxygen atoms in total. The number of para-hydroxylation sites is 1. The summed E-state index contributed by atoms with van der Waals surface area (Å²) in [5.74, 6) is 1.38. The molecule has 0 N–H and O–H groups in total. The number of ether oxygens (including phenoxy) is 1. The van der Waals surface area contributed by atoms with Crippen molar-refractivity contribution in [2.75, 3.05) is 0 Å². The van der Waals surface area contributed by atoms with Gasteiger partial charge in [-0.05, 0) is 40.2 Å². The number of benzene rings is 1. The molecule has 0 spiro atoms. The molecule has 3 rings (SSSR count). The number of fused-ring (bicyclic) bond motifs is 1. The second kappa shape index (κ2) is 5.35. The highest BCUT2D eigenvalue weighted by Crippen LogP contribution is 2.31. The highest BCUT2D eigenvalue weighted by atomic mass is 79.9. The van der Waals surface area contributed by atoms with E-state index in [0.29, 0.717) is 11.2 Å². The number of hydrogen-bond donors (Lipinski definition) is 0. The Morgan fingerprint density at radius 3 is 2.68 bits per heavy atom. The average molecular weight is 382 g/mol. The van der Waals surface area contributed by atoms with E-state index in [2.05, 4.69) is 36.8 Å². The maximum Gasteiger partial charge on any atom is 0.242 e. The van der Waals surface area contributed by atoms with Crippen molar-refractivity contribution < 1.29 is 4.74 Å². The molecule has 0 aliphatic rings. The first-order valence-corrected chi connectivity index (χ1v) is 7.65. The van der Waals surface area contributed by atoms with E-state index >= 15 is 0 Å². The highest BCUT2D eigenvalue weighted by Gasteiger charge is 2.13. The van der Waals surface area contributed by atoms with Crippen molar-refractivity contribution >= 4 is 37.5 Å². The number of imidazole rings is 1. The standard InChI is InChI=1S/C14H10Br2N2O/c15-9-11-14(17-13-7-3-4-8-18(11)13)19-12-6-2-1-5-10(12)16/h1-8H,9H2. The molecule has 0 bridgehead atoms. The number of rotatable bonds is 3. The number of nitrogens with zero attached hydrogens (tertiary/aromatic N) is 2. The van der Waals surface area contributed by atoms with E-state index in [1.807, 2.05) is 53.1 Å². The van der Waals surface area contributed by atoms with Gasteiger partial charge < -0.3 is 4.74 Å². The first-order valence-electron chi connectivity index (χ1n) is 5.74. The molecule has 0 unspecified atom stereocenters. The summed E-state index contributed by atoms with van der Waals surface area (Å²) in [6.45, 7) is 0. The molecule has 0 aliphatic heterocycles. The van der Waals surface area contributed by atoms with Gasteiger partial charge in [0.1, 0.15) is 11.4 Å². The number of alkyl halides is 1. The molecule has 96 valence electrons. The molecule has 0 atom stereocenters. The summed E-state index contributed by atoms with van der Waals surface area (Å²) in [6, 6.07) is 13.6. The van der Waals surface area contributed by atoms with Crippen LogP contribution in [0.4, 0.5) is 0 Å². The van der Waals surface area contributed by atoms with E-state index in [-0.39, 0.29) is 0 Å². The summed E-state index contributed by atoms with van der Waals surface area (Å²) < 4.78 is 8.83. The van der Waals surface area contributed by atoms with Gasteiger partial charge in [0, 0.05) is 11.5 Å². The monoisotopic (exact) mass is 380 g/mol. The number of pyridine rings is 1. The van der Waals surface area contributed by atoms with E-state index in [1.54, 1.807) is 0 Å². The number of halogens is 2. The molecule has 2 heterocycles. The van der Waals surface area contributed by atoms with Crippen LogP contribution in [-0.2, 0) is 5.33 Å². The number of hydrogen-bond acceptors (Lipinski definition) is 2. The zero-order valence-corrected chi connectivity index (χ0v) is 13.1. The Morgan fingerprint density at radius 1 is 1.11 bits per heavy atom. The zero-order valence-electron chi connectivity index (χ0n) is 9.88. The van der Waals surface area contributed by atoms with Gasteiger partial charge in [0.05, 0.1) is 10.2 Å². The predicted molar refractivity (Wildman–Crippen MR) is 82.0 cm³/mol. The summed E-state index contributed by atoms with van der Waals surface area (Å²) in [6.07, 6.45) is 1.98. The summed E-state index contributed by atoms with van der Waals surface area (Å²) >= 11 is 6.96. The highest BCUT2D eigenvalue weighted by molar-refractivity contribution is 9.10. The molecule has 2 aromatic heterocycles. The van der Waals surface area contributed by atoms with E-state index < -0.39 is 0 Å². The van der Waals surface area contributed by atoms with Gasteiger partial charge in [-0.3, -0.25) is 4.40 Å². The Labute approximate surface area is 127 Å². The minimum absolute atomic E-state index is 0.620. The van der Waals surface area contributed by atoms with Crippen LogP contribution in [0.2, 0.25) is 0 Å². The van der Waals surface area contributed by atoms with Gasteiger partial charge in [0.2, 0.25) is 5.88 Å². The smallest absolute Gasteiger partial charge is 0.242 e. The molecule has 0 fully saturated rings. The van der Waals surface area contributed by atoms with Crippen LogP contribution in [0, 0.1) is 0 Å². The lowest BCUT2D eigenvalue weighted by Crippen LogP contribution is -1.92. The van der Waals surface area contributed by atoms with Crippen LogP contribution in [0.25, 0.3) is 5.65 Å². The summed E-state index contributed by atoms with van der Waals surface area (Å²) in [5, 5.41) is 0.679. The largest absolute Gasteiger partial charge is 0.436 e. The van der Waals surface area contributed by atoms with Gasteiger partial charge in [-0.25, -0.2) is 0 Å². The molecular formula is C14H10Br2N2O. The van der Waals surface area contributed by atoms with E-state index in [0.717, 1.165) is 21.6 Å². The van der Waals surface area contributed by atoms with Gasteiger partial charge in [0.25, 0.3) is 0 Å². The fraction of sp³-hybridized carbons (Fsp3) is 0.0714. The van der Waals surface area contributed by atoms with Gasteiger partial charge in [-0.1, -0.05) is 34.1 Å². The Morgan fingerprint density at radius 2 is 1.89 bits per heavy atom. The van der Waals surface area contributed by atoms with Crippen LogP contribution in [0.15, 0.2) is 53.1 Å². The molecule has 0 radical (unpaired) electrons. The predicted octanol–water partition coefficient (Wildman–Crippen LogP) is 4.78. The molecule has 0 amide bonds. The van der Waals surface area contributed by atoms with Crippen LogP contribution in [0.3, 0.4) is 0 Å². The summed E-state index contributed by atoms with van der Waals surface area (Å²) in [7, 11) is 0. The molecule has 0 aliphatic carbocycles. The summed E-state index contributed by atoms with van der Waals surface area (Å²) in [5.41, 5.74) is 1.87. The third-order valence-electron chi connectivity index (χ3n) is 2.76. The summed E-state index contributed by atoms with van der Waals surface area (Å²) in [4.78, 5) is 4.51. The molecule has 3 aromatic rings. The minimum atomic E-state index is 0.620. The normalized spacial score (nSPS) is 10.8. The maximum absolute atomic E-state index is 5.91. The SMILES string of the molecule is BrCc1c(Oc2ccccc2Br)nc2ccccn12. The van der Waals surface area contributed by atoms with Crippen LogP contribution < -0.4 is 4.74 Å². The van der Waals surface area contributed by atoms with Crippen LogP contribution >= 0.6 is 31.9 Å². The quantitative estimate of drug-likeness (QED) is 0.610. The van der Waals surface area contributed by atoms with Gasteiger partial charge >= 0.3 is 0 Å². The fourth-order valence-corrected chi connectivity index (χ4v) is 2.74. The minimum Gasteiger partial charge on any atom is -0.436 e. The zero-order chi connectivity index (χ0) is 13.2. The van der Waals surface area contributed by atoms with E-state index in [9.17, 15) is 0 Å². The van der Waals surface area contributed by atoms with Crippen molar-refractivity contribution in [3.05, 3.63) is 58.8 Å². The Kier molecular flexibility index (Phi) is 3.57. The molecule has 19 heavy (non-hydrogen) atoms. The van der Waals surface area contributed by atoms with Gasteiger partial charge in [-0.15, -0.1) is 0 Å². The van der Waals surface area contributed by atoms with Crippen molar-refractivity contribution in [1.29, 1.82) is 0 Å². The van der Waals surface area contributed by atoms with Crippen LogP contribution in [0.5, 0.6) is 11.6 Å².